The fourth-order valence-corrected chi connectivity index (χ4v) is 2.79. The average molecular weight is 271 g/mol. The Kier molecular flexibility index (Phi) is 3.50. The molecule has 1 saturated heterocycles. The molecular weight excluding hydrogens is 254 g/mol. The average Bonchev–Trinajstić information content (AvgIpc) is 2.53. The SMILES string of the molecule is COC(=O)C1CCCCN1c1ncnc2ccccc12. The number of carbonyl (C=O) groups is 1. The van der Waals surface area contributed by atoms with Gasteiger partial charge < -0.3 is 9.64 Å². The van der Waals surface area contributed by atoms with Crippen LogP contribution in [-0.2, 0) is 9.53 Å². The minimum atomic E-state index is -0.243. The van der Waals surface area contributed by atoms with Gasteiger partial charge in [0.25, 0.3) is 0 Å². The van der Waals surface area contributed by atoms with Gasteiger partial charge in [-0.1, -0.05) is 12.1 Å². The quantitative estimate of drug-likeness (QED) is 0.783. The van der Waals surface area contributed by atoms with E-state index in [2.05, 4.69) is 14.9 Å². The van der Waals surface area contributed by atoms with E-state index in [1.165, 1.54) is 7.11 Å². The van der Waals surface area contributed by atoms with Crippen LogP contribution in [0.15, 0.2) is 30.6 Å². The fraction of sp³-hybridized carbons (Fsp3) is 0.400. The second-order valence-electron chi connectivity index (χ2n) is 4.94. The molecule has 2 aromatic rings. The van der Waals surface area contributed by atoms with Crippen LogP contribution in [0, 0.1) is 0 Å². The van der Waals surface area contributed by atoms with Crippen molar-refractivity contribution in [2.24, 2.45) is 0 Å². The van der Waals surface area contributed by atoms with E-state index < -0.39 is 0 Å². The number of fused-ring (bicyclic) bond motifs is 1. The zero-order valence-electron chi connectivity index (χ0n) is 11.5. The molecule has 1 aliphatic heterocycles. The molecule has 20 heavy (non-hydrogen) atoms. The van der Waals surface area contributed by atoms with Gasteiger partial charge in [0, 0.05) is 11.9 Å². The number of esters is 1. The number of para-hydroxylation sites is 1. The molecule has 1 fully saturated rings. The van der Waals surface area contributed by atoms with E-state index in [0.717, 1.165) is 42.5 Å². The number of carbonyl (C=O) groups excluding carboxylic acids is 1. The van der Waals surface area contributed by atoms with Crippen molar-refractivity contribution in [2.45, 2.75) is 25.3 Å². The molecule has 0 spiro atoms. The van der Waals surface area contributed by atoms with Crippen LogP contribution in [0.1, 0.15) is 19.3 Å². The third-order valence-electron chi connectivity index (χ3n) is 3.77. The lowest BCUT2D eigenvalue weighted by atomic mass is 10.0. The van der Waals surface area contributed by atoms with Gasteiger partial charge in [0.2, 0.25) is 0 Å². The fourth-order valence-electron chi connectivity index (χ4n) is 2.79. The summed E-state index contributed by atoms with van der Waals surface area (Å²) >= 11 is 0. The first-order valence-corrected chi connectivity index (χ1v) is 6.85. The van der Waals surface area contributed by atoms with Gasteiger partial charge >= 0.3 is 5.97 Å². The van der Waals surface area contributed by atoms with Crippen molar-refractivity contribution in [3.05, 3.63) is 30.6 Å². The number of piperidine rings is 1. The number of aromatic nitrogens is 2. The molecule has 0 radical (unpaired) electrons. The van der Waals surface area contributed by atoms with Gasteiger partial charge in [0.05, 0.1) is 12.6 Å². The molecule has 0 saturated carbocycles. The highest BCUT2D eigenvalue weighted by Crippen LogP contribution is 2.29. The topological polar surface area (TPSA) is 55.3 Å². The second kappa shape index (κ2) is 5.45. The van der Waals surface area contributed by atoms with Crippen LogP contribution in [0.3, 0.4) is 0 Å². The highest BCUT2D eigenvalue weighted by atomic mass is 16.5. The lowest BCUT2D eigenvalue weighted by Crippen LogP contribution is -2.45. The van der Waals surface area contributed by atoms with E-state index in [0.29, 0.717) is 0 Å². The van der Waals surface area contributed by atoms with Crippen molar-refractivity contribution >= 4 is 22.7 Å². The lowest BCUT2D eigenvalue weighted by molar-refractivity contribution is -0.142. The molecule has 5 nitrogen and oxygen atoms in total. The van der Waals surface area contributed by atoms with E-state index >= 15 is 0 Å². The lowest BCUT2D eigenvalue weighted by Gasteiger charge is -2.35. The Hall–Kier alpha value is -2.17. The van der Waals surface area contributed by atoms with E-state index in [1.807, 2.05) is 24.3 Å². The highest BCUT2D eigenvalue weighted by Gasteiger charge is 2.31. The molecule has 104 valence electrons. The molecular formula is C15H17N3O2. The number of methoxy groups -OCH3 is 1. The highest BCUT2D eigenvalue weighted by molar-refractivity contribution is 5.91. The Balaban J connectivity index is 2.06. The van der Waals surface area contributed by atoms with Crippen molar-refractivity contribution < 1.29 is 9.53 Å². The standard InChI is InChI=1S/C15H17N3O2/c1-20-15(19)13-8-4-5-9-18(13)14-11-6-2-3-7-12(11)16-10-17-14/h2-3,6-7,10,13H,4-5,8-9H2,1H3. The van der Waals surface area contributed by atoms with Crippen LogP contribution >= 0.6 is 0 Å². The number of hydrogen-bond donors (Lipinski definition) is 0. The van der Waals surface area contributed by atoms with Gasteiger partial charge in [-0.25, -0.2) is 14.8 Å². The van der Waals surface area contributed by atoms with Crippen molar-refractivity contribution in [2.75, 3.05) is 18.6 Å². The second-order valence-corrected chi connectivity index (χ2v) is 4.94. The first-order chi connectivity index (χ1) is 9.81. The number of hydrogen-bond acceptors (Lipinski definition) is 5. The summed E-state index contributed by atoms with van der Waals surface area (Å²) in [5.74, 6) is 0.637. The Morgan fingerprint density at radius 1 is 1.30 bits per heavy atom. The molecule has 0 bridgehead atoms. The van der Waals surface area contributed by atoms with Crippen LogP contribution in [0.4, 0.5) is 5.82 Å². The van der Waals surface area contributed by atoms with Crippen molar-refractivity contribution in [3.63, 3.8) is 0 Å². The number of ether oxygens (including phenoxy) is 1. The maximum atomic E-state index is 12.0. The third-order valence-corrected chi connectivity index (χ3v) is 3.77. The van der Waals surface area contributed by atoms with Gasteiger partial charge in [-0.05, 0) is 31.4 Å². The van der Waals surface area contributed by atoms with Crippen molar-refractivity contribution in [3.8, 4) is 0 Å². The summed E-state index contributed by atoms with van der Waals surface area (Å²) < 4.78 is 4.93. The first-order valence-electron chi connectivity index (χ1n) is 6.85. The monoisotopic (exact) mass is 271 g/mol. The van der Waals surface area contributed by atoms with Gasteiger partial charge in [-0.15, -0.1) is 0 Å². The number of rotatable bonds is 2. The minimum absolute atomic E-state index is 0.188. The molecule has 1 atom stereocenters. The molecule has 1 aliphatic rings. The predicted octanol–water partition coefficient (Wildman–Crippen LogP) is 2.16. The molecule has 0 N–H and O–H groups in total. The molecule has 0 aliphatic carbocycles. The van der Waals surface area contributed by atoms with E-state index in [-0.39, 0.29) is 12.0 Å². The summed E-state index contributed by atoms with van der Waals surface area (Å²) in [5.41, 5.74) is 0.895. The summed E-state index contributed by atoms with van der Waals surface area (Å²) in [5, 5.41) is 0.978. The van der Waals surface area contributed by atoms with Crippen LogP contribution in [0.25, 0.3) is 10.9 Å². The van der Waals surface area contributed by atoms with Crippen molar-refractivity contribution in [1.29, 1.82) is 0 Å². The molecule has 5 heteroatoms. The predicted molar refractivity (Wildman–Crippen MR) is 76.5 cm³/mol. The van der Waals surface area contributed by atoms with E-state index in [9.17, 15) is 4.79 Å². The summed E-state index contributed by atoms with van der Waals surface area (Å²) in [6.07, 6.45) is 4.47. The summed E-state index contributed by atoms with van der Waals surface area (Å²) in [4.78, 5) is 22.7. The van der Waals surface area contributed by atoms with Gasteiger partial charge in [0.1, 0.15) is 18.2 Å². The van der Waals surface area contributed by atoms with Gasteiger partial charge in [0.15, 0.2) is 0 Å². The zero-order chi connectivity index (χ0) is 13.9. The summed E-state index contributed by atoms with van der Waals surface area (Å²) in [7, 11) is 1.44. The van der Waals surface area contributed by atoms with Gasteiger partial charge in [-0.3, -0.25) is 0 Å². The maximum absolute atomic E-state index is 12.0. The molecule has 1 aromatic carbocycles. The maximum Gasteiger partial charge on any atom is 0.328 e. The smallest absolute Gasteiger partial charge is 0.328 e. The Morgan fingerprint density at radius 3 is 3.00 bits per heavy atom. The first kappa shape index (κ1) is 12.8. The Morgan fingerprint density at radius 2 is 2.15 bits per heavy atom. The Bertz CT molecular complexity index is 624. The number of benzene rings is 1. The zero-order valence-corrected chi connectivity index (χ0v) is 11.5. The van der Waals surface area contributed by atoms with Crippen LogP contribution in [0.2, 0.25) is 0 Å². The van der Waals surface area contributed by atoms with Crippen molar-refractivity contribution in [1.82, 2.24) is 9.97 Å². The molecule has 1 aromatic heterocycles. The summed E-state index contributed by atoms with van der Waals surface area (Å²) in [6.45, 7) is 0.820. The van der Waals surface area contributed by atoms with Crippen LogP contribution < -0.4 is 4.90 Å². The van der Waals surface area contributed by atoms with Crippen LogP contribution in [0.5, 0.6) is 0 Å². The molecule has 1 unspecified atom stereocenters. The minimum Gasteiger partial charge on any atom is -0.467 e. The number of anilines is 1. The largest absolute Gasteiger partial charge is 0.467 e. The van der Waals surface area contributed by atoms with Crippen LogP contribution in [-0.4, -0.2) is 35.6 Å². The van der Waals surface area contributed by atoms with E-state index in [4.69, 9.17) is 4.74 Å². The number of nitrogens with zero attached hydrogens (tertiary/aromatic N) is 3. The molecule has 3 rings (SSSR count). The Labute approximate surface area is 117 Å². The molecule has 2 heterocycles. The summed E-state index contributed by atoms with van der Waals surface area (Å²) in [6, 6.07) is 7.62. The van der Waals surface area contributed by atoms with E-state index in [1.54, 1.807) is 6.33 Å². The third kappa shape index (κ3) is 2.19. The van der Waals surface area contributed by atoms with Gasteiger partial charge in [-0.2, -0.15) is 0 Å². The molecule has 0 amide bonds. The normalized spacial score (nSPS) is 19.1.